The van der Waals surface area contributed by atoms with Crippen LogP contribution in [0.4, 0.5) is 0 Å². The van der Waals surface area contributed by atoms with Crippen LogP contribution in [-0.4, -0.2) is 30.6 Å². The van der Waals surface area contributed by atoms with Gasteiger partial charge in [0.2, 0.25) is 5.88 Å². The van der Waals surface area contributed by atoms with Gasteiger partial charge in [-0.25, -0.2) is 4.98 Å². The number of rotatable bonds is 9. The molecule has 1 aromatic heterocycles. The maximum atomic E-state index is 11.9. The second-order valence-electron chi connectivity index (χ2n) is 6.05. The second-order valence-corrected chi connectivity index (χ2v) is 6.05. The van der Waals surface area contributed by atoms with Crippen LogP contribution in [0.3, 0.4) is 0 Å². The molecule has 0 radical (unpaired) electrons. The summed E-state index contributed by atoms with van der Waals surface area (Å²) < 4.78 is 16.7. The van der Waals surface area contributed by atoms with E-state index in [4.69, 9.17) is 14.2 Å². The maximum Gasteiger partial charge on any atom is 0.258 e. The molecule has 2 aromatic carbocycles. The lowest BCUT2D eigenvalue weighted by Crippen LogP contribution is -2.32. The minimum Gasteiger partial charge on any atom is -0.492 e. The molecule has 144 valence electrons. The van der Waals surface area contributed by atoms with Crippen LogP contribution >= 0.6 is 0 Å². The van der Waals surface area contributed by atoms with Crippen molar-refractivity contribution in [3.05, 3.63) is 78.5 Å². The van der Waals surface area contributed by atoms with Crippen molar-refractivity contribution in [1.82, 2.24) is 10.3 Å². The molecule has 0 aliphatic carbocycles. The highest BCUT2D eigenvalue weighted by atomic mass is 16.5. The summed E-state index contributed by atoms with van der Waals surface area (Å²) in [5, 5.41) is 2.76. The third kappa shape index (κ3) is 6.32. The van der Waals surface area contributed by atoms with E-state index in [1.807, 2.05) is 43.3 Å². The highest BCUT2D eigenvalue weighted by Crippen LogP contribution is 2.22. The van der Waals surface area contributed by atoms with Gasteiger partial charge < -0.3 is 19.5 Å². The van der Waals surface area contributed by atoms with E-state index in [-0.39, 0.29) is 12.5 Å². The number of amides is 1. The van der Waals surface area contributed by atoms with Gasteiger partial charge in [-0.3, -0.25) is 4.79 Å². The van der Waals surface area contributed by atoms with Gasteiger partial charge in [0.1, 0.15) is 23.9 Å². The van der Waals surface area contributed by atoms with Crippen molar-refractivity contribution in [2.24, 2.45) is 0 Å². The summed E-state index contributed by atoms with van der Waals surface area (Å²) >= 11 is 0. The van der Waals surface area contributed by atoms with Crippen LogP contribution in [-0.2, 0) is 4.79 Å². The molecule has 0 aliphatic heterocycles. The van der Waals surface area contributed by atoms with Gasteiger partial charge in [-0.2, -0.15) is 0 Å². The first kappa shape index (κ1) is 19.2. The molecule has 6 nitrogen and oxygen atoms in total. The molecule has 1 amide bonds. The Balaban J connectivity index is 1.35. The minimum absolute atomic E-state index is 0.0646. The fourth-order valence-electron chi connectivity index (χ4n) is 2.40. The number of benzene rings is 2. The van der Waals surface area contributed by atoms with E-state index >= 15 is 0 Å². The number of carbonyl (C=O) groups is 1. The van der Waals surface area contributed by atoms with Crippen molar-refractivity contribution in [2.75, 3.05) is 19.8 Å². The Morgan fingerprint density at radius 1 is 0.929 bits per heavy atom. The molecule has 3 rings (SSSR count). The zero-order valence-corrected chi connectivity index (χ0v) is 15.6. The molecule has 0 unspecified atom stereocenters. The van der Waals surface area contributed by atoms with Crippen LogP contribution in [0.2, 0.25) is 0 Å². The fraction of sp³-hybridized carbons (Fsp3) is 0.182. The molecule has 0 aliphatic rings. The third-order valence-electron chi connectivity index (χ3n) is 3.74. The molecule has 1 heterocycles. The Bertz CT molecular complexity index is 883. The lowest BCUT2D eigenvalue weighted by atomic mass is 10.2. The minimum atomic E-state index is -0.207. The number of pyridine rings is 1. The predicted molar refractivity (Wildman–Crippen MR) is 106 cm³/mol. The van der Waals surface area contributed by atoms with Gasteiger partial charge in [0.15, 0.2) is 6.61 Å². The predicted octanol–water partition coefficient (Wildman–Crippen LogP) is 3.76. The Labute approximate surface area is 164 Å². The van der Waals surface area contributed by atoms with Crippen LogP contribution in [0.1, 0.15) is 5.56 Å². The summed E-state index contributed by atoms with van der Waals surface area (Å²) in [6, 6.07) is 20.2. The number of hydrogen-bond acceptors (Lipinski definition) is 5. The SMILES string of the molecule is Cc1cccc(OCCNC(=O)COc2ccc(Oc3ccccn3)cc2)c1. The van der Waals surface area contributed by atoms with Crippen LogP contribution in [0.5, 0.6) is 23.1 Å². The molecule has 0 saturated heterocycles. The standard InChI is InChI=1S/C22H22N2O4/c1-17-5-4-6-20(15-17)26-14-13-23-21(25)16-27-18-8-10-19(11-9-18)28-22-7-2-3-12-24-22/h2-12,15H,13-14,16H2,1H3,(H,23,25). The number of ether oxygens (including phenoxy) is 3. The number of nitrogens with zero attached hydrogens (tertiary/aromatic N) is 1. The van der Waals surface area contributed by atoms with Crippen LogP contribution in [0.15, 0.2) is 72.9 Å². The number of aromatic nitrogens is 1. The van der Waals surface area contributed by atoms with Crippen molar-refractivity contribution in [2.45, 2.75) is 6.92 Å². The molecule has 28 heavy (non-hydrogen) atoms. The van der Waals surface area contributed by atoms with Crippen molar-refractivity contribution >= 4 is 5.91 Å². The highest BCUT2D eigenvalue weighted by molar-refractivity contribution is 5.77. The molecule has 0 atom stereocenters. The summed E-state index contributed by atoms with van der Waals surface area (Å²) in [7, 11) is 0. The van der Waals surface area contributed by atoms with Gasteiger partial charge >= 0.3 is 0 Å². The summed E-state index contributed by atoms with van der Waals surface area (Å²) in [5.74, 6) is 2.33. The lowest BCUT2D eigenvalue weighted by Gasteiger charge is -2.10. The first-order valence-electron chi connectivity index (χ1n) is 8.97. The largest absolute Gasteiger partial charge is 0.492 e. The second kappa shape index (κ2) is 9.97. The van der Waals surface area contributed by atoms with Gasteiger partial charge in [0, 0.05) is 12.3 Å². The Hall–Kier alpha value is -3.54. The van der Waals surface area contributed by atoms with Gasteiger partial charge in [-0.05, 0) is 55.0 Å². The van der Waals surface area contributed by atoms with E-state index in [1.54, 1.807) is 36.5 Å². The smallest absolute Gasteiger partial charge is 0.258 e. The molecule has 1 N–H and O–H groups in total. The van der Waals surface area contributed by atoms with E-state index < -0.39 is 0 Å². The van der Waals surface area contributed by atoms with Crippen LogP contribution in [0.25, 0.3) is 0 Å². The summed E-state index contributed by atoms with van der Waals surface area (Å²) in [6.07, 6.45) is 1.66. The maximum absolute atomic E-state index is 11.9. The lowest BCUT2D eigenvalue weighted by molar-refractivity contribution is -0.123. The van der Waals surface area contributed by atoms with Crippen molar-refractivity contribution in [3.8, 4) is 23.1 Å². The van der Waals surface area contributed by atoms with E-state index in [1.165, 1.54) is 0 Å². The molecular formula is C22H22N2O4. The average Bonchev–Trinajstić information content (AvgIpc) is 2.72. The molecule has 0 bridgehead atoms. The third-order valence-corrected chi connectivity index (χ3v) is 3.74. The molecule has 6 heteroatoms. The Morgan fingerprint density at radius 3 is 2.50 bits per heavy atom. The molecular weight excluding hydrogens is 356 g/mol. The number of aryl methyl sites for hydroxylation is 1. The molecule has 3 aromatic rings. The number of hydrogen-bond donors (Lipinski definition) is 1. The monoisotopic (exact) mass is 378 g/mol. The van der Waals surface area contributed by atoms with E-state index in [0.29, 0.717) is 30.5 Å². The topological polar surface area (TPSA) is 69.7 Å². The first-order valence-corrected chi connectivity index (χ1v) is 8.97. The van der Waals surface area contributed by atoms with Crippen molar-refractivity contribution < 1.29 is 19.0 Å². The van der Waals surface area contributed by atoms with E-state index in [2.05, 4.69) is 10.3 Å². The zero-order chi connectivity index (χ0) is 19.6. The molecule has 0 fully saturated rings. The Kier molecular flexibility index (Phi) is 6.84. The van der Waals surface area contributed by atoms with Crippen LogP contribution in [0, 0.1) is 6.92 Å². The van der Waals surface area contributed by atoms with Gasteiger partial charge in [-0.15, -0.1) is 0 Å². The van der Waals surface area contributed by atoms with E-state index in [0.717, 1.165) is 11.3 Å². The van der Waals surface area contributed by atoms with Gasteiger partial charge in [0.05, 0.1) is 6.54 Å². The van der Waals surface area contributed by atoms with Crippen molar-refractivity contribution in [3.63, 3.8) is 0 Å². The number of nitrogens with one attached hydrogen (secondary N) is 1. The van der Waals surface area contributed by atoms with Crippen LogP contribution < -0.4 is 19.5 Å². The fourth-order valence-corrected chi connectivity index (χ4v) is 2.40. The van der Waals surface area contributed by atoms with Gasteiger partial charge in [0.25, 0.3) is 5.91 Å². The zero-order valence-electron chi connectivity index (χ0n) is 15.6. The van der Waals surface area contributed by atoms with Crippen molar-refractivity contribution in [1.29, 1.82) is 0 Å². The molecule has 0 spiro atoms. The normalized spacial score (nSPS) is 10.2. The first-order chi connectivity index (χ1) is 13.7. The quantitative estimate of drug-likeness (QED) is 0.574. The summed E-state index contributed by atoms with van der Waals surface area (Å²) in [4.78, 5) is 16.0. The Morgan fingerprint density at radius 2 is 1.75 bits per heavy atom. The summed E-state index contributed by atoms with van der Waals surface area (Å²) in [5.41, 5.74) is 1.13. The molecule has 0 saturated carbocycles. The van der Waals surface area contributed by atoms with E-state index in [9.17, 15) is 4.79 Å². The summed E-state index contributed by atoms with van der Waals surface area (Å²) in [6.45, 7) is 2.75. The highest BCUT2D eigenvalue weighted by Gasteiger charge is 2.04. The average molecular weight is 378 g/mol. The number of carbonyl (C=O) groups excluding carboxylic acids is 1. The van der Waals surface area contributed by atoms with Gasteiger partial charge in [-0.1, -0.05) is 18.2 Å².